The van der Waals surface area contributed by atoms with E-state index in [1.54, 1.807) is 31.3 Å². The Hall–Kier alpha value is -3.64. The number of rotatable bonds is 8. The first-order valence-electron chi connectivity index (χ1n) is 11.0. The SMILES string of the molecule is COCCN1C(=O)c2ccccc2C(C(=O)Nc2cccc(OC)c2)C1Cc1ccccc1. The second-order valence-corrected chi connectivity index (χ2v) is 8.03. The van der Waals surface area contributed by atoms with Crippen LogP contribution in [0.15, 0.2) is 78.9 Å². The van der Waals surface area contributed by atoms with E-state index in [0.717, 1.165) is 11.1 Å². The molecule has 1 heterocycles. The molecule has 1 aliphatic rings. The Balaban J connectivity index is 1.75. The summed E-state index contributed by atoms with van der Waals surface area (Å²) in [5.74, 6) is -0.114. The maximum absolute atomic E-state index is 13.7. The summed E-state index contributed by atoms with van der Waals surface area (Å²) in [5, 5.41) is 3.05. The number of carbonyl (C=O) groups excluding carboxylic acids is 2. The van der Waals surface area contributed by atoms with Crippen LogP contribution >= 0.6 is 0 Å². The van der Waals surface area contributed by atoms with Gasteiger partial charge in [-0.3, -0.25) is 9.59 Å². The Morgan fingerprint density at radius 1 is 0.970 bits per heavy atom. The topological polar surface area (TPSA) is 67.9 Å². The van der Waals surface area contributed by atoms with Crippen molar-refractivity contribution < 1.29 is 19.1 Å². The third kappa shape index (κ3) is 4.91. The van der Waals surface area contributed by atoms with Gasteiger partial charge in [0.15, 0.2) is 0 Å². The van der Waals surface area contributed by atoms with E-state index < -0.39 is 5.92 Å². The maximum Gasteiger partial charge on any atom is 0.254 e. The third-order valence-corrected chi connectivity index (χ3v) is 6.02. The van der Waals surface area contributed by atoms with E-state index in [0.29, 0.717) is 36.6 Å². The summed E-state index contributed by atoms with van der Waals surface area (Å²) in [6, 6.07) is 24.3. The van der Waals surface area contributed by atoms with E-state index in [2.05, 4.69) is 5.32 Å². The van der Waals surface area contributed by atoms with E-state index in [-0.39, 0.29) is 17.9 Å². The van der Waals surface area contributed by atoms with E-state index in [9.17, 15) is 9.59 Å². The van der Waals surface area contributed by atoms with Gasteiger partial charge in [-0.25, -0.2) is 0 Å². The van der Waals surface area contributed by atoms with Gasteiger partial charge < -0.3 is 19.7 Å². The van der Waals surface area contributed by atoms with Crippen LogP contribution < -0.4 is 10.1 Å². The lowest BCUT2D eigenvalue weighted by Gasteiger charge is -2.41. The summed E-state index contributed by atoms with van der Waals surface area (Å²) < 4.78 is 10.6. The fourth-order valence-electron chi connectivity index (χ4n) is 4.43. The van der Waals surface area contributed by atoms with Gasteiger partial charge in [0.2, 0.25) is 5.91 Å². The smallest absolute Gasteiger partial charge is 0.254 e. The molecule has 2 amide bonds. The Morgan fingerprint density at radius 2 is 1.73 bits per heavy atom. The molecule has 2 unspecified atom stereocenters. The minimum absolute atomic E-state index is 0.0750. The molecule has 3 aromatic carbocycles. The van der Waals surface area contributed by atoms with Crippen molar-refractivity contribution in [1.82, 2.24) is 4.90 Å². The number of hydrogen-bond donors (Lipinski definition) is 1. The number of ether oxygens (including phenoxy) is 2. The number of carbonyl (C=O) groups is 2. The molecule has 2 atom stereocenters. The lowest BCUT2D eigenvalue weighted by molar-refractivity contribution is -0.119. The molecule has 0 saturated heterocycles. The molecule has 33 heavy (non-hydrogen) atoms. The van der Waals surface area contributed by atoms with Crippen LogP contribution in [0.4, 0.5) is 5.69 Å². The molecule has 6 nitrogen and oxygen atoms in total. The maximum atomic E-state index is 13.7. The van der Waals surface area contributed by atoms with Gasteiger partial charge in [0.1, 0.15) is 5.75 Å². The molecule has 0 aromatic heterocycles. The predicted octanol–water partition coefficient (Wildman–Crippen LogP) is 4.13. The number of benzene rings is 3. The Bertz CT molecular complexity index is 1120. The van der Waals surface area contributed by atoms with Crippen LogP contribution in [-0.4, -0.2) is 50.1 Å². The fourth-order valence-corrected chi connectivity index (χ4v) is 4.43. The second kappa shape index (κ2) is 10.3. The van der Waals surface area contributed by atoms with E-state index in [1.165, 1.54) is 0 Å². The van der Waals surface area contributed by atoms with Crippen molar-refractivity contribution in [2.45, 2.75) is 18.4 Å². The van der Waals surface area contributed by atoms with Crippen LogP contribution in [0.2, 0.25) is 0 Å². The molecular formula is C27H28N2O4. The highest BCUT2D eigenvalue weighted by Gasteiger charge is 2.43. The number of amides is 2. The van der Waals surface area contributed by atoms with Crippen LogP contribution in [-0.2, 0) is 16.0 Å². The van der Waals surface area contributed by atoms with Crippen molar-refractivity contribution >= 4 is 17.5 Å². The first-order valence-corrected chi connectivity index (χ1v) is 11.0. The molecule has 1 aliphatic heterocycles. The number of nitrogens with zero attached hydrogens (tertiary/aromatic N) is 1. The van der Waals surface area contributed by atoms with Crippen molar-refractivity contribution in [3.63, 3.8) is 0 Å². The van der Waals surface area contributed by atoms with Crippen LogP contribution in [0.5, 0.6) is 5.75 Å². The highest BCUT2D eigenvalue weighted by Crippen LogP contribution is 2.36. The van der Waals surface area contributed by atoms with E-state index in [1.807, 2.05) is 66.7 Å². The van der Waals surface area contributed by atoms with Gasteiger partial charge in [-0.15, -0.1) is 0 Å². The average molecular weight is 445 g/mol. The van der Waals surface area contributed by atoms with Crippen molar-refractivity contribution in [1.29, 1.82) is 0 Å². The number of methoxy groups -OCH3 is 2. The molecule has 3 aromatic rings. The molecule has 0 bridgehead atoms. The van der Waals surface area contributed by atoms with Gasteiger partial charge in [-0.1, -0.05) is 54.6 Å². The summed E-state index contributed by atoms with van der Waals surface area (Å²) in [4.78, 5) is 29.0. The molecule has 4 rings (SSSR count). The Morgan fingerprint density at radius 3 is 2.48 bits per heavy atom. The number of fused-ring (bicyclic) bond motifs is 1. The highest BCUT2D eigenvalue weighted by molar-refractivity contribution is 6.04. The first kappa shape index (κ1) is 22.6. The van der Waals surface area contributed by atoms with E-state index >= 15 is 0 Å². The average Bonchev–Trinajstić information content (AvgIpc) is 2.85. The summed E-state index contributed by atoms with van der Waals surface area (Å²) in [6.07, 6.45) is 0.556. The lowest BCUT2D eigenvalue weighted by atomic mass is 9.79. The van der Waals surface area contributed by atoms with Crippen LogP contribution in [0.3, 0.4) is 0 Å². The fraction of sp³-hybridized carbons (Fsp3) is 0.259. The lowest BCUT2D eigenvalue weighted by Crippen LogP contribution is -2.53. The molecule has 170 valence electrons. The molecule has 0 saturated carbocycles. The van der Waals surface area contributed by atoms with Gasteiger partial charge in [-0.05, 0) is 35.7 Å². The molecule has 0 spiro atoms. The normalized spacial score (nSPS) is 17.4. The van der Waals surface area contributed by atoms with Gasteiger partial charge in [-0.2, -0.15) is 0 Å². The number of nitrogens with one attached hydrogen (secondary N) is 1. The minimum atomic E-state index is -0.540. The summed E-state index contributed by atoms with van der Waals surface area (Å²) >= 11 is 0. The highest BCUT2D eigenvalue weighted by atomic mass is 16.5. The monoisotopic (exact) mass is 444 g/mol. The quantitative estimate of drug-likeness (QED) is 0.567. The van der Waals surface area contributed by atoms with Crippen molar-refractivity contribution in [2.24, 2.45) is 0 Å². The van der Waals surface area contributed by atoms with Gasteiger partial charge >= 0.3 is 0 Å². The van der Waals surface area contributed by atoms with Crippen molar-refractivity contribution in [3.05, 3.63) is 95.6 Å². The zero-order chi connectivity index (χ0) is 23.2. The molecule has 0 fully saturated rings. The van der Waals surface area contributed by atoms with Crippen LogP contribution in [0.25, 0.3) is 0 Å². The van der Waals surface area contributed by atoms with Crippen LogP contribution in [0.1, 0.15) is 27.4 Å². The van der Waals surface area contributed by atoms with Crippen molar-refractivity contribution in [3.8, 4) is 5.75 Å². The first-order chi connectivity index (χ1) is 16.1. The summed E-state index contributed by atoms with van der Waals surface area (Å²) in [5.41, 5.74) is 3.02. The van der Waals surface area contributed by atoms with Gasteiger partial charge in [0.05, 0.1) is 25.7 Å². The molecular weight excluding hydrogens is 416 g/mol. The second-order valence-electron chi connectivity index (χ2n) is 8.03. The standard InChI is InChI=1S/C27H28N2O4/c1-32-16-15-29-24(17-19-9-4-3-5-10-19)25(22-13-6-7-14-23(22)27(29)31)26(30)28-20-11-8-12-21(18-20)33-2/h3-14,18,24-25H,15-17H2,1-2H3,(H,28,30). The molecule has 6 heteroatoms. The zero-order valence-corrected chi connectivity index (χ0v) is 18.9. The van der Waals surface area contributed by atoms with Crippen molar-refractivity contribution in [2.75, 3.05) is 32.7 Å². The number of anilines is 1. The summed E-state index contributed by atoms with van der Waals surface area (Å²) in [7, 11) is 3.20. The Kier molecular flexibility index (Phi) is 7.05. The largest absolute Gasteiger partial charge is 0.497 e. The summed E-state index contributed by atoms with van der Waals surface area (Å²) in [6.45, 7) is 0.799. The molecule has 0 aliphatic carbocycles. The molecule has 0 radical (unpaired) electrons. The molecule has 1 N–H and O–H groups in total. The van der Waals surface area contributed by atoms with Gasteiger partial charge in [0.25, 0.3) is 5.91 Å². The van der Waals surface area contributed by atoms with E-state index in [4.69, 9.17) is 9.47 Å². The van der Waals surface area contributed by atoms with Crippen LogP contribution in [0, 0.1) is 0 Å². The third-order valence-electron chi connectivity index (χ3n) is 6.02. The predicted molar refractivity (Wildman–Crippen MR) is 128 cm³/mol. The Labute approximate surface area is 194 Å². The number of hydrogen-bond acceptors (Lipinski definition) is 4. The zero-order valence-electron chi connectivity index (χ0n) is 18.9. The van der Waals surface area contributed by atoms with Gasteiger partial charge in [0, 0.05) is 31.0 Å². The minimum Gasteiger partial charge on any atom is -0.497 e.